The van der Waals surface area contributed by atoms with E-state index in [-0.39, 0.29) is 12.3 Å². The number of para-hydroxylation sites is 2. The lowest BCUT2D eigenvalue weighted by Crippen LogP contribution is -2.27. The molecule has 0 saturated carbocycles. The third-order valence-electron chi connectivity index (χ3n) is 4.21. The molecule has 0 saturated heterocycles. The Balaban J connectivity index is 1.48. The zero-order valence-corrected chi connectivity index (χ0v) is 17.2. The van der Waals surface area contributed by atoms with Gasteiger partial charge in [0, 0.05) is 12.2 Å². The van der Waals surface area contributed by atoms with Crippen molar-refractivity contribution >= 4 is 28.8 Å². The molecule has 0 unspecified atom stereocenters. The van der Waals surface area contributed by atoms with Crippen LogP contribution in [0.25, 0.3) is 11.0 Å². The third kappa shape index (κ3) is 5.50. The summed E-state index contributed by atoms with van der Waals surface area (Å²) in [5.41, 5.74) is 1.71. The molecule has 2 N–H and O–H groups in total. The summed E-state index contributed by atoms with van der Waals surface area (Å²) >= 11 is 0. The van der Waals surface area contributed by atoms with Gasteiger partial charge in [-0.05, 0) is 63.6 Å². The number of aryl methyl sites for hydroxylation is 1. The van der Waals surface area contributed by atoms with E-state index in [1.807, 2.05) is 24.3 Å². The molecule has 0 bridgehead atoms. The van der Waals surface area contributed by atoms with Gasteiger partial charge in [-0.1, -0.05) is 12.1 Å². The number of nitrogens with one attached hydrogen (secondary N) is 2. The first-order valence-corrected chi connectivity index (χ1v) is 9.68. The highest BCUT2D eigenvalue weighted by atomic mass is 16.6. The standard InChI is InChI=1S/C22H25N3O5/c1-22(2,3)30-21(28)23-16-11-9-15(10-12-16)19(26)29-14-6-13-25-18-8-5-4-7-17(18)24-20(25)27/h4-5,7-12H,6,13-14H2,1-3H3,(H,23,28)(H,24,27). The lowest BCUT2D eigenvalue weighted by atomic mass is 10.2. The number of nitrogens with zero attached hydrogens (tertiary/aromatic N) is 1. The average Bonchev–Trinajstić information content (AvgIpc) is 2.99. The summed E-state index contributed by atoms with van der Waals surface area (Å²) in [4.78, 5) is 38.8. The van der Waals surface area contributed by atoms with Crippen molar-refractivity contribution in [3.05, 3.63) is 64.6 Å². The van der Waals surface area contributed by atoms with E-state index in [2.05, 4.69) is 10.3 Å². The normalized spacial score (nSPS) is 11.3. The van der Waals surface area contributed by atoms with Gasteiger partial charge < -0.3 is 14.5 Å². The molecule has 2 aromatic carbocycles. The van der Waals surface area contributed by atoms with E-state index in [1.165, 1.54) is 0 Å². The second kappa shape index (κ2) is 8.86. The molecular weight excluding hydrogens is 386 g/mol. The van der Waals surface area contributed by atoms with E-state index in [0.29, 0.717) is 24.2 Å². The predicted molar refractivity (Wildman–Crippen MR) is 114 cm³/mol. The molecule has 158 valence electrons. The molecule has 0 aliphatic heterocycles. The fraction of sp³-hybridized carbons (Fsp3) is 0.318. The van der Waals surface area contributed by atoms with Crippen LogP contribution in [0.2, 0.25) is 0 Å². The van der Waals surface area contributed by atoms with Crippen LogP contribution in [0.15, 0.2) is 53.3 Å². The van der Waals surface area contributed by atoms with Gasteiger partial charge in [-0.2, -0.15) is 0 Å². The highest BCUT2D eigenvalue weighted by Crippen LogP contribution is 2.14. The minimum absolute atomic E-state index is 0.183. The summed E-state index contributed by atoms with van der Waals surface area (Å²) in [5, 5.41) is 2.60. The summed E-state index contributed by atoms with van der Waals surface area (Å²) in [6.07, 6.45) is -0.0588. The number of imidazole rings is 1. The maximum Gasteiger partial charge on any atom is 0.412 e. The maximum absolute atomic E-state index is 12.2. The van der Waals surface area contributed by atoms with E-state index in [0.717, 1.165) is 11.0 Å². The summed E-state index contributed by atoms with van der Waals surface area (Å²) in [6.45, 7) is 5.96. The fourth-order valence-electron chi connectivity index (χ4n) is 2.91. The number of hydrogen-bond donors (Lipinski definition) is 2. The molecule has 0 radical (unpaired) electrons. The Morgan fingerprint density at radius 1 is 1.07 bits per heavy atom. The minimum Gasteiger partial charge on any atom is -0.462 e. The van der Waals surface area contributed by atoms with Gasteiger partial charge in [0.1, 0.15) is 5.60 Å². The number of carbonyl (C=O) groups excluding carboxylic acids is 2. The van der Waals surface area contributed by atoms with Gasteiger partial charge in [0.2, 0.25) is 0 Å². The summed E-state index contributed by atoms with van der Waals surface area (Å²) < 4.78 is 12.1. The fourth-order valence-corrected chi connectivity index (χ4v) is 2.91. The van der Waals surface area contributed by atoms with Crippen molar-refractivity contribution in [1.82, 2.24) is 9.55 Å². The van der Waals surface area contributed by atoms with E-state index in [9.17, 15) is 14.4 Å². The van der Waals surface area contributed by atoms with Crippen molar-refractivity contribution in [2.45, 2.75) is 39.3 Å². The molecule has 1 aromatic heterocycles. The van der Waals surface area contributed by atoms with Crippen molar-refractivity contribution in [1.29, 1.82) is 0 Å². The smallest absolute Gasteiger partial charge is 0.412 e. The Hall–Kier alpha value is -3.55. The number of carbonyl (C=O) groups is 2. The van der Waals surface area contributed by atoms with E-state index in [1.54, 1.807) is 49.6 Å². The Morgan fingerprint density at radius 2 is 1.77 bits per heavy atom. The molecule has 3 rings (SSSR count). The number of amides is 1. The number of anilines is 1. The quantitative estimate of drug-likeness (QED) is 0.473. The SMILES string of the molecule is CC(C)(C)OC(=O)Nc1ccc(C(=O)OCCCn2c(=O)[nH]c3ccccc32)cc1. The average molecular weight is 411 g/mol. The van der Waals surface area contributed by atoms with Gasteiger partial charge in [-0.3, -0.25) is 9.88 Å². The van der Waals surface area contributed by atoms with Crippen LogP contribution in [-0.2, 0) is 16.0 Å². The Morgan fingerprint density at radius 3 is 2.47 bits per heavy atom. The Bertz CT molecular complexity index is 1090. The van der Waals surface area contributed by atoms with Crippen LogP contribution in [0, 0.1) is 0 Å². The van der Waals surface area contributed by atoms with Crippen molar-refractivity contribution in [2.75, 3.05) is 11.9 Å². The summed E-state index contributed by atoms with van der Waals surface area (Å²) in [5.74, 6) is -0.468. The van der Waals surface area contributed by atoms with Gasteiger partial charge in [-0.15, -0.1) is 0 Å². The van der Waals surface area contributed by atoms with Gasteiger partial charge in [0.05, 0.1) is 23.2 Å². The number of H-pyrrole nitrogens is 1. The van der Waals surface area contributed by atoms with Crippen LogP contribution in [0.3, 0.4) is 0 Å². The molecule has 8 heteroatoms. The molecule has 8 nitrogen and oxygen atoms in total. The molecule has 3 aromatic rings. The number of aromatic nitrogens is 2. The van der Waals surface area contributed by atoms with Crippen LogP contribution in [-0.4, -0.2) is 33.8 Å². The molecule has 0 atom stereocenters. The second-order valence-corrected chi connectivity index (χ2v) is 7.79. The summed E-state index contributed by atoms with van der Waals surface area (Å²) in [6, 6.07) is 13.8. The number of ether oxygens (including phenoxy) is 2. The molecular formula is C22H25N3O5. The monoisotopic (exact) mass is 411 g/mol. The summed E-state index contributed by atoms with van der Waals surface area (Å²) in [7, 11) is 0. The maximum atomic E-state index is 12.2. The van der Waals surface area contributed by atoms with E-state index in [4.69, 9.17) is 9.47 Å². The van der Waals surface area contributed by atoms with Crippen molar-refractivity contribution in [3.63, 3.8) is 0 Å². The van der Waals surface area contributed by atoms with E-state index >= 15 is 0 Å². The molecule has 0 fully saturated rings. The molecule has 0 aliphatic rings. The lowest BCUT2D eigenvalue weighted by molar-refractivity contribution is 0.0495. The number of aromatic amines is 1. The number of hydrogen-bond acceptors (Lipinski definition) is 5. The molecule has 1 amide bonds. The van der Waals surface area contributed by atoms with Gasteiger partial charge in [0.15, 0.2) is 0 Å². The minimum atomic E-state index is -0.592. The molecule has 0 spiro atoms. The first-order valence-electron chi connectivity index (χ1n) is 9.68. The van der Waals surface area contributed by atoms with Crippen molar-refractivity contribution < 1.29 is 19.1 Å². The Labute approximate surface area is 173 Å². The van der Waals surface area contributed by atoms with Gasteiger partial charge in [-0.25, -0.2) is 14.4 Å². The first kappa shape index (κ1) is 21.2. The molecule has 30 heavy (non-hydrogen) atoms. The van der Waals surface area contributed by atoms with Gasteiger partial charge >= 0.3 is 17.8 Å². The van der Waals surface area contributed by atoms with E-state index < -0.39 is 17.7 Å². The van der Waals surface area contributed by atoms with Crippen LogP contribution in [0.4, 0.5) is 10.5 Å². The second-order valence-electron chi connectivity index (χ2n) is 7.79. The van der Waals surface area contributed by atoms with Crippen LogP contribution in [0.1, 0.15) is 37.6 Å². The Kier molecular flexibility index (Phi) is 6.25. The highest BCUT2D eigenvalue weighted by Gasteiger charge is 2.16. The largest absolute Gasteiger partial charge is 0.462 e. The predicted octanol–water partition coefficient (Wildman–Crippen LogP) is 3.92. The van der Waals surface area contributed by atoms with Crippen molar-refractivity contribution in [3.8, 4) is 0 Å². The number of esters is 1. The zero-order chi connectivity index (χ0) is 21.7. The topological polar surface area (TPSA) is 102 Å². The lowest BCUT2D eigenvalue weighted by Gasteiger charge is -2.19. The van der Waals surface area contributed by atoms with Crippen LogP contribution >= 0.6 is 0 Å². The zero-order valence-electron chi connectivity index (χ0n) is 17.2. The number of fused-ring (bicyclic) bond motifs is 1. The molecule has 0 aliphatic carbocycles. The van der Waals surface area contributed by atoms with Crippen LogP contribution in [0.5, 0.6) is 0 Å². The molecule has 1 heterocycles. The van der Waals surface area contributed by atoms with Crippen LogP contribution < -0.4 is 11.0 Å². The first-order chi connectivity index (χ1) is 14.2. The third-order valence-corrected chi connectivity index (χ3v) is 4.21. The highest BCUT2D eigenvalue weighted by molar-refractivity contribution is 5.91. The number of rotatable bonds is 6. The van der Waals surface area contributed by atoms with Gasteiger partial charge in [0.25, 0.3) is 0 Å². The number of benzene rings is 2. The van der Waals surface area contributed by atoms with Crippen molar-refractivity contribution in [2.24, 2.45) is 0 Å².